The van der Waals surface area contributed by atoms with Gasteiger partial charge in [0.25, 0.3) is 0 Å². The Morgan fingerprint density at radius 3 is 2.22 bits per heavy atom. The summed E-state index contributed by atoms with van der Waals surface area (Å²) in [5, 5.41) is 2.78. The summed E-state index contributed by atoms with van der Waals surface area (Å²) in [6, 6.07) is 9.96. The minimum absolute atomic E-state index is 0.0186. The van der Waals surface area contributed by atoms with Crippen LogP contribution in [-0.4, -0.2) is 50.0 Å². The summed E-state index contributed by atoms with van der Waals surface area (Å²) in [4.78, 5) is 27.8. The molecule has 0 fully saturated rings. The van der Waals surface area contributed by atoms with Crippen molar-refractivity contribution in [2.45, 2.75) is 58.9 Å². The van der Waals surface area contributed by atoms with E-state index in [2.05, 4.69) is 5.32 Å². The standard InChI is InChI=1S/C25H32F3N3O4S/c1-6-22(24(33)29-17(2)3)30(15-19-10-7-9-18(4)13-19)23(32)16-31(36(5,34)35)21-12-8-11-20(14-21)25(26,27)28/h7-14,17,22H,6,15-16H2,1-5H3,(H,29,33). The van der Waals surface area contributed by atoms with Crippen LogP contribution in [-0.2, 0) is 32.3 Å². The molecular weight excluding hydrogens is 495 g/mol. The number of aryl methyl sites for hydroxylation is 1. The highest BCUT2D eigenvalue weighted by atomic mass is 32.2. The van der Waals surface area contributed by atoms with Gasteiger partial charge in [-0.2, -0.15) is 13.2 Å². The van der Waals surface area contributed by atoms with Crippen molar-refractivity contribution in [1.82, 2.24) is 10.2 Å². The first-order valence-corrected chi connectivity index (χ1v) is 13.3. The molecule has 0 radical (unpaired) electrons. The molecule has 0 bridgehead atoms. The van der Waals surface area contributed by atoms with Gasteiger partial charge in [-0.1, -0.05) is 42.8 Å². The van der Waals surface area contributed by atoms with Crippen LogP contribution in [0.3, 0.4) is 0 Å². The Kier molecular flexibility index (Phi) is 9.53. The van der Waals surface area contributed by atoms with E-state index in [4.69, 9.17) is 0 Å². The predicted octanol–water partition coefficient (Wildman–Crippen LogP) is 4.11. The Bertz CT molecular complexity index is 1180. The molecule has 0 aliphatic heterocycles. The Morgan fingerprint density at radius 1 is 1.06 bits per heavy atom. The number of benzene rings is 2. The van der Waals surface area contributed by atoms with E-state index in [1.54, 1.807) is 32.9 Å². The molecule has 2 aromatic rings. The number of halogens is 3. The SMILES string of the molecule is CCC(C(=O)NC(C)C)N(Cc1cccc(C)c1)C(=O)CN(c1cccc(C(F)(F)F)c1)S(C)(=O)=O. The second-order valence-corrected chi connectivity index (χ2v) is 10.8. The van der Waals surface area contributed by atoms with Crippen LogP contribution in [0, 0.1) is 6.92 Å². The van der Waals surface area contributed by atoms with Crippen LogP contribution in [0.1, 0.15) is 43.9 Å². The van der Waals surface area contributed by atoms with Crippen LogP contribution in [0.15, 0.2) is 48.5 Å². The van der Waals surface area contributed by atoms with Gasteiger partial charge in [-0.3, -0.25) is 13.9 Å². The third-order valence-corrected chi connectivity index (χ3v) is 6.53. The van der Waals surface area contributed by atoms with Crippen LogP contribution in [0.4, 0.5) is 18.9 Å². The lowest BCUT2D eigenvalue weighted by molar-refractivity contribution is -0.140. The molecule has 1 N–H and O–H groups in total. The van der Waals surface area contributed by atoms with Gasteiger partial charge in [0, 0.05) is 12.6 Å². The highest BCUT2D eigenvalue weighted by Crippen LogP contribution is 2.32. The van der Waals surface area contributed by atoms with Crippen LogP contribution in [0.25, 0.3) is 0 Å². The fourth-order valence-corrected chi connectivity index (χ4v) is 4.60. The van der Waals surface area contributed by atoms with Gasteiger partial charge in [-0.15, -0.1) is 0 Å². The van der Waals surface area contributed by atoms with E-state index in [1.165, 1.54) is 11.0 Å². The molecule has 0 saturated carbocycles. The molecule has 0 heterocycles. The van der Waals surface area contributed by atoms with Crippen LogP contribution >= 0.6 is 0 Å². The number of anilines is 1. The maximum absolute atomic E-state index is 13.6. The van der Waals surface area contributed by atoms with Crippen molar-refractivity contribution >= 4 is 27.5 Å². The lowest BCUT2D eigenvalue weighted by Gasteiger charge is -2.33. The number of sulfonamides is 1. The number of amides is 2. The van der Waals surface area contributed by atoms with E-state index < -0.39 is 46.2 Å². The van der Waals surface area contributed by atoms with Gasteiger partial charge >= 0.3 is 6.18 Å². The fraction of sp³-hybridized carbons (Fsp3) is 0.440. The molecule has 2 amide bonds. The lowest BCUT2D eigenvalue weighted by atomic mass is 10.1. The molecule has 36 heavy (non-hydrogen) atoms. The first kappa shape index (κ1) is 29.2. The largest absolute Gasteiger partial charge is 0.416 e. The first-order chi connectivity index (χ1) is 16.6. The molecular formula is C25H32F3N3O4S. The fourth-order valence-electron chi connectivity index (χ4n) is 3.76. The summed E-state index contributed by atoms with van der Waals surface area (Å²) in [7, 11) is -4.14. The number of carbonyl (C=O) groups is 2. The monoisotopic (exact) mass is 527 g/mol. The van der Waals surface area contributed by atoms with Crippen molar-refractivity contribution < 1.29 is 31.2 Å². The van der Waals surface area contributed by atoms with Gasteiger partial charge in [0.1, 0.15) is 12.6 Å². The average Bonchev–Trinajstić information content (AvgIpc) is 2.75. The summed E-state index contributed by atoms with van der Waals surface area (Å²) < 4.78 is 65.5. The van der Waals surface area contributed by atoms with Gasteiger partial charge < -0.3 is 10.2 Å². The molecule has 198 valence electrons. The zero-order valence-electron chi connectivity index (χ0n) is 21.0. The van der Waals surface area contributed by atoms with Crippen LogP contribution in [0.5, 0.6) is 0 Å². The minimum atomic E-state index is -4.69. The van der Waals surface area contributed by atoms with Crippen LogP contribution < -0.4 is 9.62 Å². The zero-order valence-corrected chi connectivity index (χ0v) is 21.8. The molecule has 2 rings (SSSR count). The van der Waals surface area contributed by atoms with Crippen molar-refractivity contribution in [2.75, 3.05) is 17.1 Å². The normalized spacial score (nSPS) is 12.8. The third-order valence-electron chi connectivity index (χ3n) is 5.39. The van der Waals surface area contributed by atoms with E-state index in [1.807, 2.05) is 19.1 Å². The Hall–Kier alpha value is -3.08. The smallest absolute Gasteiger partial charge is 0.352 e. The molecule has 0 aliphatic carbocycles. The Labute approximate surface area is 210 Å². The number of carbonyl (C=O) groups excluding carboxylic acids is 2. The second kappa shape index (κ2) is 11.8. The topological polar surface area (TPSA) is 86.8 Å². The molecule has 0 aromatic heterocycles. The zero-order chi connectivity index (χ0) is 27.3. The Morgan fingerprint density at radius 2 is 1.69 bits per heavy atom. The van der Waals surface area contributed by atoms with Crippen LogP contribution in [0.2, 0.25) is 0 Å². The van der Waals surface area contributed by atoms with Gasteiger partial charge in [0.15, 0.2) is 0 Å². The lowest BCUT2D eigenvalue weighted by Crippen LogP contribution is -2.53. The molecule has 0 spiro atoms. The molecule has 11 heteroatoms. The van der Waals surface area contributed by atoms with E-state index in [0.29, 0.717) is 10.4 Å². The van der Waals surface area contributed by atoms with E-state index in [9.17, 15) is 31.2 Å². The number of rotatable bonds is 10. The van der Waals surface area contributed by atoms with Crippen molar-refractivity contribution in [1.29, 1.82) is 0 Å². The van der Waals surface area contributed by atoms with Crippen molar-refractivity contribution in [2.24, 2.45) is 0 Å². The van der Waals surface area contributed by atoms with Gasteiger partial charge in [0.2, 0.25) is 21.8 Å². The number of hydrogen-bond donors (Lipinski definition) is 1. The Balaban J connectivity index is 2.49. The van der Waals surface area contributed by atoms with E-state index in [0.717, 1.165) is 29.5 Å². The summed E-state index contributed by atoms with van der Waals surface area (Å²) in [5.41, 5.74) is 0.321. The highest BCUT2D eigenvalue weighted by molar-refractivity contribution is 7.92. The summed E-state index contributed by atoms with van der Waals surface area (Å²) in [6.07, 6.45) is -3.63. The maximum Gasteiger partial charge on any atom is 0.416 e. The molecule has 0 aliphatic rings. The number of alkyl halides is 3. The van der Waals surface area contributed by atoms with E-state index in [-0.39, 0.29) is 24.7 Å². The number of nitrogens with zero attached hydrogens (tertiary/aromatic N) is 2. The number of hydrogen-bond acceptors (Lipinski definition) is 4. The van der Waals surface area contributed by atoms with Crippen molar-refractivity contribution in [3.8, 4) is 0 Å². The molecule has 1 atom stereocenters. The summed E-state index contributed by atoms with van der Waals surface area (Å²) in [5.74, 6) is -1.12. The molecule has 1 unspecified atom stereocenters. The number of nitrogens with one attached hydrogen (secondary N) is 1. The molecule has 2 aromatic carbocycles. The second-order valence-electron chi connectivity index (χ2n) is 8.92. The summed E-state index contributed by atoms with van der Waals surface area (Å²) >= 11 is 0. The third kappa shape index (κ3) is 7.97. The highest BCUT2D eigenvalue weighted by Gasteiger charge is 2.34. The molecule has 7 nitrogen and oxygen atoms in total. The predicted molar refractivity (Wildman–Crippen MR) is 133 cm³/mol. The average molecular weight is 528 g/mol. The van der Waals surface area contributed by atoms with Crippen molar-refractivity contribution in [3.05, 3.63) is 65.2 Å². The molecule has 0 saturated heterocycles. The van der Waals surface area contributed by atoms with Gasteiger partial charge in [-0.05, 0) is 51.0 Å². The summed E-state index contributed by atoms with van der Waals surface area (Å²) in [6.45, 7) is 6.40. The van der Waals surface area contributed by atoms with E-state index >= 15 is 0 Å². The van der Waals surface area contributed by atoms with Gasteiger partial charge in [-0.25, -0.2) is 8.42 Å². The first-order valence-electron chi connectivity index (χ1n) is 11.4. The maximum atomic E-state index is 13.6. The van der Waals surface area contributed by atoms with Gasteiger partial charge in [0.05, 0.1) is 17.5 Å². The van der Waals surface area contributed by atoms with Crippen molar-refractivity contribution in [3.63, 3.8) is 0 Å². The minimum Gasteiger partial charge on any atom is -0.352 e. The quantitative estimate of drug-likeness (QED) is 0.504.